The Balaban J connectivity index is 2.43. The summed E-state index contributed by atoms with van der Waals surface area (Å²) in [6.45, 7) is 3.41. The van der Waals surface area contributed by atoms with E-state index in [4.69, 9.17) is 10.00 Å². The molecule has 0 aromatic heterocycles. The highest BCUT2D eigenvalue weighted by Crippen LogP contribution is 2.38. The summed E-state index contributed by atoms with van der Waals surface area (Å²) in [6.07, 6.45) is 0.532. The quantitative estimate of drug-likeness (QED) is 0.824. The van der Waals surface area contributed by atoms with Crippen LogP contribution in [0.15, 0.2) is 22.7 Å². The van der Waals surface area contributed by atoms with Gasteiger partial charge in [0.2, 0.25) is 0 Å². The number of nitriles is 1. The maximum absolute atomic E-state index is 8.87. The summed E-state index contributed by atoms with van der Waals surface area (Å²) in [7, 11) is 0. The third-order valence-corrected chi connectivity index (χ3v) is 3.44. The van der Waals surface area contributed by atoms with Crippen LogP contribution in [0.1, 0.15) is 17.5 Å². The lowest BCUT2D eigenvalue weighted by Gasteiger charge is -2.41. The van der Waals surface area contributed by atoms with Gasteiger partial charge in [-0.15, -0.1) is 0 Å². The molecule has 0 saturated carbocycles. The summed E-state index contributed by atoms with van der Waals surface area (Å²) >= 11 is 3.47. The molecular formula is C12H12BrNO. The van der Waals surface area contributed by atoms with Gasteiger partial charge in [0.15, 0.2) is 0 Å². The molecule has 0 unspecified atom stereocenters. The zero-order valence-electron chi connectivity index (χ0n) is 8.59. The number of benzene rings is 1. The topological polar surface area (TPSA) is 33.0 Å². The van der Waals surface area contributed by atoms with Gasteiger partial charge in [-0.05, 0) is 30.2 Å². The number of rotatable bonds is 2. The second kappa shape index (κ2) is 3.96. The van der Waals surface area contributed by atoms with Crippen molar-refractivity contribution in [3.63, 3.8) is 0 Å². The van der Waals surface area contributed by atoms with Crippen molar-refractivity contribution in [3.8, 4) is 6.07 Å². The minimum absolute atomic E-state index is 0.0669. The maximum Gasteiger partial charge on any atom is 0.0632 e. The Morgan fingerprint density at radius 2 is 2.27 bits per heavy atom. The van der Waals surface area contributed by atoms with Crippen molar-refractivity contribution in [1.29, 1.82) is 5.26 Å². The van der Waals surface area contributed by atoms with Crippen LogP contribution in [0.25, 0.3) is 0 Å². The van der Waals surface area contributed by atoms with Gasteiger partial charge >= 0.3 is 0 Å². The van der Waals surface area contributed by atoms with Gasteiger partial charge in [-0.2, -0.15) is 5.26 Å². The van der Waals surface area contributed by atoms with Gasteiger partial charge in [-0.1, -0.05) is 22.0 Å². The predicted octanol–water partition coefficient (Wildman–Crippen LogP) is 2.94. The van der Waals surface area contributed by atoms with Gasteiger partial charge < -0.3 is 4.74 Å². The highest BCUT2D eigenvalue weighted by molar-refractivity contribution is 9.10. The van der Waals surface area contributed by atoms with E-state index in [0.717, 1.165) is 4.47 Å². The molecule has 0 spiro atoms. The van der Waals surface area contributed by atoms with Gasteiger partial charge in [0, 0.05) is 10.9 Å². The highest BCUT2D eigenvalue weighted by atomic mass is 79.9. The fraction of sp³-hybridized carbons (Fsp3) is 0.417. The van der Waals surface area contributed by atoms with Crippen molar-refractivity contribution in [2.24, 2.45) is 0 Å². The van der Waals surface area contributed by atoms with Crippen molar-refractivity contribution in [1.82, 2.24) is 0 Å². The molecule has 1 aromatic carbocycles. The fourth-order valence-corrected chi connectivity index (χ4v) is 2.38. The van der Waals surface area contributed by atoms with Gasteiger partial charge in [-0.3, -0.25) is 0 Å². The third kappa shape index (κ3) is 1.80. The lowest BCUT2D eigenvalue weighted by Crippen LogP contribution is -2.46. The maximum atomic E-state index is 8.87. The van der Waals surface area contributed by atoms with E-state index < -0.39 is 0 Å². The zero-order valence-corrected chi connectivity index (χ0v) is 10.2. The molecule has 0 amide bonds. The smallest absolute Gasteiger partial charge is 0.0632 e. The minimum atomic E-state index is -0.0669. The Labute approximate surface area is 98.0 Å². The SMILES string of the molecule is Cc1ccc(Br)cc1C1(CC#N)COC1. The predicted molar refractivity (Wildman–Crippen MR) is 61.6 cm³/mol. The molecule has 1 aliphatic heterocycles. The van der Waals surface area contributed by atoms with E-state index in [1.807, 2.05) is 6.07 Å². The Morgan fingerprint density at radius 3 is 2.80 bits per heavy atom. The summed E-state index contributed by atoms with van der Waals surface area (Å²) in [6, 6.07) is 8.47. The van der Waals surface area contributed by atoms with Gasteiger partial charge in [-0.25, -0.2) is 0 Å². The summed E-state index contributed by atoms with van der Waals surface area (Å²) in [4.78, 5) is 0. The van der Waals surface area contributed by atoms with E-state index in [0.29, 0.717) is 19.6 Å². The van der Waals surface area contributed by atoms with E-state index in [1.54, 1.807) is 0 Å². The summed E-state index contributed by atoms with van der Waals surface area (Å²) in [5.41, 5.74) is 2.41. The molecule has 2 rings (SSSR count). The summed E-state index contributed by atoms with van der Waals surface area (Å²) in [5.74, 6) is 0. The van der Waals surface area contributed by atoms with E-state index in [2.05, 4.69) is 41.1 Å². The van der Waals surface area contributed by atoms with Crippen LogP contribution in [0, 0.1) is 18.3 Å². The van der Waals surface area contributed by atoms with Crippen molar-refractivity contribution in [3.05, 3.63) is 33.8 Å². The molecule has 78 valence electrons. The fourth-order valence-electron chi connectivity index (χ4n) is 2.02. The van der Waals surface area contributed by atoms with Crippen LogP contribution in [0.4, 0.5) is 0 Å². The van der Waals surface area contributed by atoms with Crippen LogP contribution >= 0.6 is 15.9 Å². The molecular weight excluding hydrogens is 254 g/mol. The molecule has 0 bridgehead atoms. The molecule has 1 aliphatic rings. The molecule has 1 saturated heterocycles. The first-order valence-electron chi connectivity index (χ1n) is 4.89. The zero-order chi connectivity index (χ0) is 10.9. The first-order valence-corrected chi connectivity index (χ1v) is 5.69. The van der Waals surface area contributed by atoms with Crippen LogP contribution in [-0.4, -0.2) is 13.2 Å². The van der Waals surface area contributed by atoms with Crippen molar-refractivity contribution >= 4 is 15.9 Å². The van der Waals surface area contributed by atoms with Gasteiger partial charge in [0.05, 0.1) is 24.7 Å². The molecule has 1 aromatic rings. The number of halogens is 1. The number of aryl methyl sites for hydroxylation is 1. The monoisotopic (exact) mass is 265 g/mol. The number of hydrogen-bond acceptors (Lipinski definition) is 2. The van der Waals surface area contributed by atoms with Crippen LogP contribution in [-0.2, 0) is 10.2 Å². The summed E-state index contributed by atoms with van der Waals surface area (Å²) < 4.78 is 6.34. The lowest BCUT2D eigenvalue weighted by atomic mass is 9.74. The molecule has 3 heteroatoms. The van der Waals surface area contributed by atoms with Crippen molar-refractivity contribution in [2.75, 3.05) is 13.2 Å². The van der Waals surface area contributed by atoms with Gasteiger partial charge in [0.1, 0.15) is 0 Å². The molecule has 15 heavy (non-hydrogen) atoms. The largest absolute Gasteiger partial charge is 0.379 e. The number of hydrogen-bond donors (Lipinski definition) is 0. The lowest BCUT2D eigenvalue weighted by molar-refractivity contribution is -0.0580. The van der Waals surface area contributed by atoms with Crippen LogP contribution < -0.4 is 0 Å². The van der Waals surface area contributed by atoms with E-state index in [9.17, 15) is 0 Å². The van der Waals surface area contributed by atoms with Gasteiger partial charge in [0.25, 0.3) is 0 Å². The average molecular weight is 266 g/mol. The first kappa shape index (κ1) is 10.7. The number of ether oxygens (including phenoxy) is 1. The van der Waals surface area contributed by atoms with Crippen LogP contribution in [0.5, 0.6) is 0 Å². The van der Waals surface area contributed by atoms with Crippen molar-refractivity contribution in [2.45, 2.75) is 18.8 Å². The Hall–Kier alpha value is -0.850. The van der Waals surface area contributed by atoms with Crippen LogP contribution in [0.2, 0.25) is 0 Å². The molecule has 2 nitrogen and oxygen atoms in total. The average Bonchev–Trinajstić information content (AvgIpc) is 2.16. The first-order chi connectivity index (χ1) is 7.18. The van der Waals surface area contributed by atoms with E-state index in [1.165, 1.54) is 11.1 Å². The standard InChI is InChI=1S/C12H12BrNO/c1-9-2-3-10(13)6-11(9)12(4-5-14)7-15-8-12/h2-3,6H,4,7-8H2,1H3. The minimum Gasteiger partial charge on any atom is -0.379 e. The molecule has 0 N–H and O–H groups in total. The van der Waals surface area contributed by atoms with Crippen molar-refractivity contribution < 1.29 is 4.74 Å². The second-order valence-electron chi connectivity index (χ2n) is 4.07. The third-order valence-electron chi connectivity index (χ3n) is 2.95. The molecule has 1 heterocycles. The molecule has 0 radical (unpaired) electrons. The normalized spacial score (nSPS) is 17.9. The molecule has 0 aliphatic carbocycles. The Morgan fingerprint density at radius 1 is 1.53 bits per heavy atom. The van der Waals surface area contributed by atoms with E-state index >= 15 is 0 Å². The second-order valence-corrected chi connectivity index (χ2v) is 4.98. The highest BCUT2D eigenvalue weighted by Gasteiger charge is 2.41. The Bertz CT molecular complexity index is 418. The molecule has 1 fully saturated rings. The molecule has 0 atom stereocenters. The van der Waals surface area contributed by atoms with Crippen LogP contribution in [0.3, 0.4) is 0 Å². The van der Waals surface area contributed by atoms with E-state index in [-0.39, 0.29) is 5.41 Å². The number of nitrogens with zero attached hydrogens (tertiary/aromatic N) is 1. The Kier molecular flexibility index (Phi) is 2.81. The summed E-state index contributed by atoms with van der Waals surface area (Å²) in [5, 5.41) is 8.87.